The van der Waals surface area contributed by atoms with Crippen LogP contribution in [0.5, 0.6) is 0 Å². The lowest BCUT2D eigenvalue weighted by Gasteiger charge is -2.05. The second-order valence-electron chi connectivity index (χ2n) is 3.34. The molecule has 0 fully saturated rings. The molecule has 0 aliphatic carbocycles. The summed E-state index contributed by atoms with van der Waals surface area (Å²) in [6, 6.07) is 4.75. The highest BCUT2D eigenvalue weighted by atomic mass is 127. The van der Waals surface area contributed by atoms with Crippen molar-refractivity contribution in [2.75, 3.05) is 0 Å². The minimum absolute atomic E-state index is 0.269. The van der Waals surface area contributed by atoms with Crippen molar-refractivity contribution < 1.29 is 13.2 Å². The Morgan fingerprint density at radius 3 is 2.69 bits per heavy atom. The van der Waals surface area contributed by atoms with Gasteiger partial charge in [-0.25, -0.2) is 4.98 Å². The lowest BCUT2D eigenvalue weighted by Crippen LogP contribution is -2.11. The molecule has 0 spiro atoms. The Kier molecular flexibility index (Phi) is 3.39. The van der Waals surface area contributed by atoms with Gasteiger partial charge >= 0.3 is 6.18 Å². The number of benzene rings is 1. The summed E-state index contributed by atoms with van der Waals surface area (Å²) in [5.41, 5.74) is 0.934. The monoisotopic (exact) mass is 357 g/mol. The number of alkyl halides is 4. The van der Waals surface area contributed by atoms with E-state index in [0.717, 1.165) is 14.1 Å². The minimum Gasteiger partial charge on any atom is -0.240 e. The third-order valence-electron chi connectivity index (χ3n) is 2.02. The molecule has 0 unspecified atom stereocenters. The number of aromatic nitrogens is 1. The first-order valence-electron chi connectivity index (χ1n) is 4.49. The molecule has 0 saturated heterocycles. The van der Waals surface area contributed by atoms with Gasteiger partial charge in [-0.2, -0.15) is 13.2 Å². The first-order valence-corrected chi connectivity index (χ1v) is 6.83. The van der Waals surface area contributed by atoms with Crippen LogP contribution in [0.1, 0.15) is 10.6 Å². The second kappa shape index (κ2) is 4.48. The van der Waals surface area contributed by atoms with Crippen molar-refractivity contribution in [2.45, 2.75) is 17.0 Å². The van der Waals surface area contributed by atoms with Crippen LogP contribution >= 0.6 is 33.9 Å². The molecule has 1 nitrogen and oxygen atoms in total. The molecule has 16 heavy (non-hydrogen) atoms. The van der Waals surface area contributed by atoms with Gasteiger partial charge in [0.25, 0.3) is 0 Å². The topological polar surface area (TPSA) is 12.9 Å². The highest BCUT2D eigenvalue weighted by Crippen LogP contribution is 2.27. The van der Waals surface area contributed by atoms with Crippen LogP contribution < -0.4 is 0 Å². The zero-order chi connectivity index (χ0) is 11.8. The van der Waals surface area contributed by atoms with Crippen LogP contribution in [0, 0.1) is 0 Å². The zero-order valence-corrected chi connectivity index (χ0v) is 11.0. The van der Waals surface area contributed by atoms with Crippen molar-refractivity contribution >= 4 is 44.1 Å². The van der Waals surface area contributed by atoms with Crippen molar-refractivity contribution in [2.24, 2.45) is 0 Å². The SMILES string of the molecule is FC(F)(F)Cc1ccc2sc(CI)nc2c1. The third-order valence-corrected chi connectivity index (χ3v) is 4.29. The molecule has 0 radical (unpaired) electrons. The number of halogens is 4. The van der Waals surface area contributed by atoms with E-state index in [1.807, 2.05) is 0 Å². The number of rotatable bonds is 2. The van der Waals surface area contributed by atoms with Crippen LogP contribution in [0.25, 0.3) is 10.2 Å². The highest BCUT2D eigenvalue weighted by Gasteiger charge is 2.27. The first-order chi connectivity index (χ1) is 7.48. The number of fused-ring (bicyclic) bond motifs is 1. The van der Waals surface area contributed by atoms with Crippen LogP contribution in [0.2, 0.25) is 0 Å². The smallest absolute Gasteiger partial charge is 0.240 e. The lowest BCUT2D eigenvalue weighted by atomic mass is 10.1. The van der Waals surface area contributed by atoms with E-state index in [1.54, 1.807) is 6.07 Å². The summed E-state index contributed by atoms with van der Waals surface area (Å²) < 4.78 is 38.3. The second-order valence-corrected chi connectivity index (χ2v) is 5.21. The average molecular weight is 357 g/mol. The molecule has 2 aromatic rings. The molecule has 0 N–H and O–H groups in total. The molecule has 0 aliphatic rings. The standard InChI is InChI=1S/C10H7F3INS/c11-10(12,13)4-6-1-2-8-7(3-6)15-9(5-14)16-8/h1-3H,4-5H2. The van der Waals surface area contributed by atoms with E-state index in [0.29, 0.717) is 5.52 Å². The number of thiazole rings is 1. The van der Waals surface area contributed by atoms with Gasteiger partial charge in [0.05, 0.1) is 21.1 Å². The quantitative estimate of drug-likeness (QED) is 0.576. The van der Waals surface area contributed by atoms with Gasteiger partial charge in [-0.05, 0) is 17.7 Å². The molecule has 0 bridgehead atoms. The van der Waals surface area contributed by atoms with Crippen LogP contribution in [-0.2, 0) is 10.8 Å². The largest absolute Gasteiger partial charge is 0.393 e. The van der Waals surface area contributed by atoms with E-state index in [-0.39, 0.29) is 5.56 Å². The zero-order valence-electron chi connectivity index (χ0n) is 8.01. The van der Waals surface area contributed by atoms with Gasteiger partial charge in [0, 0.05) is 0 Å². The maximum atomic E-state index is 12.2. The van der Waals surface area contributed by atoms with Crippen molar-refractivity contribution in [1.82, 2.24) is 4.98 Å². The molecule has 1 aromatic carbocycles. The predicted octanol–water partition coefficient (Wildman–Crippen LogP) is 4.34. The van der Waals surface area contributed by atoms with E-state index < -0.39 is 12.6 Å². The molecule has 0 atom stereocenters. The molecule has 0 aliphatic heterocycles. The fourth-order valence-electron chi connectivity index (χ4n) is 1.42. The van der Waals surface area contributed by atoms with Gasteiger partial charge in [0.15, 0.2) is 0 Å². The van der Waals surface area contributed by atoms with E-state index in [1.165, 1.54) is 23.5 Å². The molecule has 0 saturated carbocycles. The minimum atomic E-state index is -4.16. The summed E-state index contributed by atoms with van der Waals surface area (Å²) in [4.78, 5) is 4.27. The molecular formula is C10H7F3INS. The summed E-state index contributed by atoms with van der Waals surface area (Å²) >= 11 is 3.71. The lowest BCUT2D eigenvalue weighted by molar-refractivity contribution is -0.127. The van der Waals surface area contributed by atoms with Gasteiger partial charge in [-0.15, -0.1) is 11.3 Å². The van der Waals surface area contributed by atoms with Crippen molar-refractivity contribution in [1.29, 1.82) is 0 Å². The molecule has 86 valence electrons. The summed E-state index contributed by atoms with van der Waals surface area (Å²) in [5, 5.41) is 0.944. The maximum Gasteiger partial charge on any atom is 0.393 e. The third kappa shape index (κ3) is 2.85. The van der Waals surface area contributed by atoms with Gasteiger partial charge in [0.1, 0.15) is 5.01 Å². The van der Waals surface area contributed by atoms with E-state index in [9.17, 15) is 13.2 Å². The van der Waals surface area contributed by atoms with Gasteiger partial charge < -0.3 is 0 Å². The Morgan fingerprint density at radius 2 is 2.06 bits per heavy atom. The fourth-order valence-corrected chi connectivity index (χ4v) is 2.85. The molecule has 6 heteroatoms. The number of hydrogen-bond acceptors (Lipinski definition) is 2. The fraction of sp³-hybridized carbons (Fsp3) is 0.300. The van der Waals surface area contributed by atoms with Crippen molar-refractivity contribution in [3.63, 3.8) is 0 Å². The van der Waals surface area contributed by atoms with Gasteiger partial charge in [-0.3, -0.25) is 0 Å². The summed E-state index contributed by atoms with van der Waals surface area (Å²) in [7, 11) is 0. The van der Waals surface area contributed by atoms with Crippen molar-refractivity contribution in [3.8, 4) is 0 Å². The summed E-state index contributed by atoms with van der Waals surface area (Å²) in [6.07, 6.45) is -5.05. The highest BCUT2D eigenvalue weighted by molar-refractivity contribution is 14.1. The van der Waals surface area contributed by atoms with Crippen LogP contribution in [0.3, 0.4) is 0 Å². The maximum absolute atomic E-state index is 12.2. The Labute approximate surface area is 108 Å². The van der Waals surface area contributed by atoms with Crippen LogP contribution in [0.15, 0.2) is 18.2 Å². The van der Waals surface area contributed by atoms with Gasteiger partial charge in [0.2, 0.25) is 0 Å². The normalized spacial score (nSPS) is 12.2. The van der Waals surface area contributed by atoms with Crippen LogP contribution in [-0.4, -0.2) is 11.2 Å². The Balaban J connectivity index is 2.36. The Hall–Kier alpha value is -0.370. The van der Waals surface area contributed by atoms with E-state index in [2.05, 4.69) is 27.6 Å². The van der Waals surface area contributed by atoms with E-state index in [4.69, 9.17) is 0 Å². The summed E-state index contributed by atoms with van der Waals surface area (Å²) in [5.74, 6) is 0. The Morgan fingerprint density at radius 1 is 1.31 bits per heavy atom. The summed E-state index contributed by atoms with van der Waals surface area (Å²) in [6.45, 7) is 0. The Bertz CT molecular complexity index is 506. The first kappa shape index (κ1) is 12.1. The predicted molar refractivity (Wildman–Crippen MR) is 67.1 cm³/mol. The molecule has 2 rings (SSSR count). The van der Waals surface area contributed by atoms with Gasteiger partial charge in [-0.1, -0.05) is 28.7 Å². The van der Waals surface area contributed by atoms with E-state index >= 15 is 0 Å². The van der Waals surface area contributed by atoms with Crippen molar-refractivity contribution in [3.05, 3.63) is 28.8 Å². The molecule has 1 aromatic heterocycles. The van der Waals surface area contributed by atoms with Crippen LogP contribution in [0.4, 0.5) is 13.2 Å². The molecule has 0 amide bonds. The average Bonchev–Trinajstić information content (AvgIpc) is 2.57. The molecule has 1 heterocycles. The molecular weight excluding hydrogens is 350 g/mol. The number of nitrogens with zero attached hydrogens (tertiary/aromatic N) is 1. The number of hydrogen-bond donors (Lipinski definition) is 0.